The van der Waals surface area contributed by atoms with E-state index in [0.717, 1.165) is 17.1 Å². The Kier molecular flexibility index (Phi) is 5.24. The summed E-state index contributed by atoms with van der Waals surface area (Å²) in [4.78, 5) is 12.3. The number of nitrogens with two attached hydrogens (primary N) is 1. The van der Waals surface area contributed by atoms with Gasteiger partial charge in [-0.15, -0.1) is 12.4 Å². The van der Waals surface area contributed by atoms with Crippen molar-refractivity contribution in [2.24, 2.45) is 0 Å². The van der Waals surface area contributed by atoms with Crippen molar-refractivity contribution in [3.05, 3.63) is 53.6 Å². The molecule has 2 aromatic carbocycles. The van der Waals surface area contributed by atoms with Gasteiger partial charge in [0.2, 0.25) is 6.79 Å². The van der Waals surface area contributed by atoms with Crippen LogP contribution in [0.3, 0.4) is 0 Å². The van der Waals surface area contributed by atoms with Gasteiger partial charge in [0.1, 0.15) is 0 Å². The topological polar surface area (TPSA) is 73.6 Å². The van der Waals surface area contributed by atoms with Gasteiger partial charge < -0.3 is 20.5 Å². The number of anilines is 1. The van der Waals surface area contributed by atoms with Crippen molar-refractivity contribution in [3.8, 4) is 11.5 Å². The third-order valence-electron chi connectivity index (χ3n) is 4.05. The van der Waals surface area contributed by atoms with E-state index in [0.29, 0.717) is 17.8 Å². The average molecular weight is 349 g/mol. The predicted octanol–water partition coefficient (Wildman–Crippen LogP) is 3.13. The maximum atomic E-state index is 12.3. The van der Waals surface area contributed by atoms with Crippen LogP contribution in [0.4, 0.5) is 5.69 Å². The van der Waals surface area contributed by atoms with Gasteiger partial charge in [-0.1, -0.05) is 32.0 Å². The molecular weight excluding hydrogens is 328 g/mol. The third-order valence-corrected chi connectivity index (χ3v) is 4.05. The van der Waals surface area contributed by atoms with Crippen LogP contribution in [-0.2, 0) is 5.41 Å². The van der Waals surface area contributed by atoms with E-state index in [4.69, 9.17) is 15.2 Å². The monoisotopic (exact) mass is 348 g/mol. The molecule has 0 aliphatic carbocycles. The fourth-order valence-electron chi connectivity index (χ4n) is 2.52. The van der Waals surface area contributed by atoms with Gasteiger partial charge in [-0.05, 0) is 29.8 Å². The summed E-state index contributed by atoms with van der Waals surface area (Å²) in [5.41, 5.74) is 7.64. The zero-order valence-corrected chi connectivity index (χ0v) is 14.5. The van der Waals surface area contributed by atoms with Gasteiger partial charge in [0.25, 0.3) is 5.91 Å². The number of rotatable bonds is 4. The van der Waals surface area contributed by atoms with Crippen LogP contribution in [0.2, 0.25) is 0 Å². The van der Waals surface area contributed by atoms with Crippen LogP contribution < -0.4 is 20.5 Å². The first-order valence-corrected chi connectivity index (χ1v) is 7.50. The van der Waals surface area contributed by atoms with Crippen LogP contribution in [-0.4, -0.2) is 19.2 Å². The van der Waals surface area contributed by atoms with Gasteiger partial charge in [0, 0.05) is 17.6 Å². The summed E-state index contributed by atoms with van der Waals surface area (Å²) in [6, 6.07) is 12.9. The summed E-state index contributed by atoms with van der Waals surface area (Å²) in [5.74, 6) is 1.33. The fraction of sp³-hybridized carbons (Fsp3) is 0.278. The van der Waals surface area contributed by atoms with Gasteiger partial charge in [0.15, 0.2) is 11.5 Å². The van der Waals surface area contributed by atoms with Crippen molar-refractivity contribution >= 4 is 24.0 Å². The van der Waals surface area contributed by atoms with E-state index in [-0.39, 0.29) is 30.5 Å². The molecule has 1 amide bonds. The molecule has 1 heterocycles. The van der Waals surface area contributed by atoms with E-state index in [1.165, 1.54) is 0 Å². The van der Waals surface area contributed by atoms with E-state index >= 15 is 0 Å². The Labute approximate surface area is 147 Å². The normalized spacial score (nSPS) is 12.4. The zero-order valence-electron chi connectivity index (χ0n) is 13.7. The van der Waals surface area contributed by atoms with Gasteiger partial charge in [-0.2, -0.15) is 0 Å². The Hall–Kier alpha value is -2.40. The molecule has 128 valence electrons. The van der Waals surface area contributed by atoms with Crippen LogP contribution in [0.25, 0.3) is 0 Å². The van der Waals surface area contributed by atoms with E-state index in [1.807, 2.05) is 24.3 Å². The Morgan fingerprint density at radius 3 is 2.62 bits per heavy atom. The summed E-state index contributed by atoms with van der Waals surface area (Å²) >= 11 is 0. The lowest BCUT2D eigenvalue weighted by Crippen LogP contribution is -2.36. The molecule has 1 aliphatic rings. The highest BCUT2D eigenvalue weighted by molar-refractivity contribution is 5.99. The lowest BCUT2D eigenvalue weighted by atomic mass is 9.84. The van der Waals surface area contributed by atoms with Crippen LogP contribution >= 0.6 is 12.4 Å². The molecule has 6 heteroatoms. The quantitative estimate of drug-likeness (QED) is 0.832. The molecular formula is C18H21ClN2O3. The molecule has 0 unspecified atom stereocenters. The lowest BCUT2D eigenvalue weighted by molar-refractivity contribution is 0.0946. The molecule has 1 aliphatic heterocycles. The van der Waals surface area contributed by atoms with Gasteiger partial charge in [-0.3, -0.25) is 4.79 Å². The maximum Gasteiger partial charge on any atom is 0.253 e. The number of carbonyl (C=O) groups excluding carboxylic acids is 1. The first-order chi connectivity index (χ1) is 11.0. The highest BCUT2D eigenvalue weighted by Crippen LogP contribution is 2.36. The number of nitrogens with one attached hydrogen (secondary N) is 1. The smallest absolute Gasteiger partial charge is 0.253 e. The molecule has 24 heavy (non-hydrogen) atoms. The first-order valence-electron chi connectivity index (χ1n) is 7.50. The number of nitrogen functional groups attached to an aromatic ring is 1. The summed E-state index contributed by atoms with van der Waals surface area (Å²) in [7, 11) is 0. The molecule has 3 rings (SSSR count). The van der Waals surface area contributed by atoms with Gasteiger partial charge >= 0.3 is 0 Å². The van der Waals surface area contributed by atoms with Gasteiger partial charge in [0.05, 0.1) is 5.56 Å². The Bertz CT molecular complexity index is 747. The van der Waals surface area contributed by atoms with Crippen molar-refractivity contribution in [2.45, 2.75) is 19.3 Å². The van der Waals surface area contributed by atoms with Gasteiger partial charge in [-0.25, -0.2) is 0 Å². The van der Waals surface area contributed by atoms with Crippen molar-refractivity contribution in [2.75, 3.05) is 19.1 Å². The van der Waals surface area contributed by atoms with E-state index in [1.54, 1.807) is 18.2 Å². The molecule has 0 saturated heterocycles. The fourth-order valence-corrected chi connectivity index (χ4v) is 2.52. The molecule has 2 aromatic rings. The van der Waals surface area contributed by atoms with Crippen LogP contribution in [0.1, 0.15) is 29.8 Å². The molecule has 3 N–H and O–H groups in total. The lowest BCUT2D eigenvalue weighted by Gasteiger charge is -2.26. The Morgan fingerprint density at radius 2 is 1.88 bits per heavy atom. The highest BCUT2D eigenvalue weighted by atomic mass is 35.5. The average Bonchev–Trinajstić information content (AvgIpc) is 3.00. The van der Waals surface area contributed by atoms with E-state index in [9.17, 15) is 4.79 Å². The van der Waals surface area contributed by atoms with Crippen LogP contribution in [0, 0.1) is 0 Å². The van der Waals surface area contributed by atoms with Crippen LogP contribution in [0.5, 0.6) is 11.5 Å². The Morgan fingerprint density at radius 1 is 1.17 bits per heavy atom. The summed E-state index contributed by atoms with van der Waals surface area (Å²) in [6.07, 6.45) is 0. The number of carbonyl (C=O) groups is 1. The largest absolute Gasteiger partial charge is 0.454 e. The summed E-state index contributed by atoms with van der Waals surface area (Å²) in [6.45, 7) is 4.88. The van der Waals surface area contributed by atoms with Crippen molar-refractivity contribution < 1.29 is 14.3 Å². The number of halogens is 1. The second-order valence-electron chi connectivity index (χ2n) is 6.22. The van der Waals surface area contributed by atoms with E-state index in [2.05, 4.69) is 19.2 Å². The number of hydrogen-bond donors (Lipinski definition) is 2. The zero-order chi connectivity index (χ0) is 16.4. The number of amides is 1. The Balaban J connectivity index is 0.00000208. The molecule has 0 radical (unpaired) electrons. The van der Waals surface area contributed by atoms with Crippen molar-refractivity contribution in [1.29, 1.82) is 0 Å². The predicted molar refractivity (Wildman–Crippen MR) is 96.0 cm³/mol. The summed E-state index contributed by atoms with van der Waals surface area (Å²) in [5, 5.41) is 2.96. The minimum Gasteiger partial charge on any atom is -0.454 e. The molecule has 0 aromatic heterocycles. The van der Waals surface area contributed by atoms with E-state index < -0.39 is 0 Å². The number of fused-ring (bicyclic) bond motifs is 1. The highest BCUT2D eigenvalue weighted by Gasteiger charge is 2.25. The SMILES string of the molecule is CC(C)(CNC(=O)c1ccccc1N)c1ccc2c(c1)OCO2.Cl. The molecule has 0 fully saturated rings. The minimum atomic E-state index is -0.250. The standard InChI is InChI=1S/C18H20N2O3.ClH/c1-18(2,12-7-8-15-16(9-12)23-11-22-15)10-20-17(21)13-5-3-4-6-14(13)19;/h3-9H,10-11,19H2,1-2H3,(H,20,21);1H. The number of benzene rings is 2. The van der Waals surface area contributed by atoms with Crippen molar-refractivity contribution in [1.82, 2.24) is 5.32 Å². The minimum absolute atomic E-state index is 0. The molecule has 0 saturated carbocycles. The molecule has 0 atom stereocenters. The maximum absolute atomic E-state index is 12.3. The number of hydrogen-bond acceptors (Lipinski definition) is 4. The number of ether oxygens (including phenoxy) is 2. The third kappa shape index (κ3) is 3.57. The van der Waals surface area contributed by atoms with Crippen molar-refractivity contribution in [3.63, 3.8) is 0 Å². The molecule has 5 nitrogen and oxygen atoms in total. The summed E-state index contributed by atoms with van der Waals surface area (Å²) < 4.78 is 10.7. The number of para-hydroxylation sites is 1. The first kappa shape index (κ1) is 17.9. The molecule has 0 bridgehead atoms. The second-order valence-corrected chi connectivity index (χ2v) is 6.22. The van der Waals surface area contributed by atoms with Crippen LogP contribution in [0.15, 0.2) is 42.5 Å². The second kappa shape index (κ2) is 7.01. The molecule has 0 spiro atoms.